The van der Waals surface area contributed by atoms with E-state index >= 15 is 0 Å². The summed E-state index contributed by atoms with van der Waals surface area (Å²) < 4.78 is 6.67. The summed E-state index contributed by atoms with van der Waals surface area (Å²) in [4.78, 5) is 23.9. The number of carbonyl (C=O) groups excluding carboxylic acids is 2. The fourth-order valence-electron chi connectivity index (χ4n) is 2.90. The van der Waals surface area contributed by atoms with Gasteiger partial charge in [-0.2, -0.15) is 0 Å². The Labute approximate surface area is 181 Å². The largest absolute Gasteiger partial charge is 0.452 e. The van der Waals surface area contributed by atoms with Crippen molar-refractivity contribution in [3.05, 3.63) is 83.7 Å². The van der Waals surface area contributed by atoms with Crippen LogP contribution >= 0.6 is 0 Å². The van der Waals surface area contributed by atoms with Gasteiger partial charge in [-0.15, -0.1) is 5.10 Å². The van der Waals surface area contributed by atoms with Crippen LogP contribution in [0.25, 0.3) is 6.08 Å². The zero-order chi connectivity index (χ0) is 22.1. The number of ether oxygens (including phenoxy) is 1. The monoisotopic (exact) mass is 418 g/mol. The number of nitrogens with one attached hydrogen (secondary N) is 1. The van der Waals surface area contributed by atoms with Crippen molar-refractivity contribution in [1.82, 2.24) is 15.0 Å². The van der Waals surface area contributed by atoms with Gasteiger partial charge in [0.05, 0.1) is 12.7 Å². The summed E-state index contributed by atoms with van der Waals surface area (Å²) in [6, 6.07) is 17.5. The van der Waals surface area contributed by atoms with Gasteiger partial charge in [0.25, 0.3) is 5.91 Å². The average molecular weight is 418 g/mol. The summed E-state index contributed by atoms with van der Waals surface area (Å²) in [6.07, 6.45) is 5.51. The van der Waals surface area contributed by atoms with Gasteiger partial charge in [0, 0.05) is 11.8 Å². The quantitative estimate of drug-likeness (QED) is 0.419. The highest BCUT2D eigenvalue weighted by Gasteiger charge is 2.08. The molecule has 0 unspecified atom stereocenters. The second-order valence-electron chi connectivity index (χ2n) is 7.25. The first kappa shape index (κ1) is 22.0. The van der Waals surface area contributed by atoms with Crippen molar-refractivity contribution >= 4 is 23.6 Å². The Morgan fingerprint density at radius 3 is 2.58 bits per heavy atom. The first-order valence-electron chi connectivity index (χ1n) is 10.2. The lowest BCUT2D eigenvalue weighted by Crippen LogP contribution is -2.20. The van der Waals surface area contributed by atoms with Crippen molar-refractivity contribution in [2.24, 2.45) is 0 Å². The Morgan fingerprint density at radius 2 is 1.87 bits per heavy atom. The SMILES string of the molecule is CC[C@@H](C)c1ccc(NC(=O)COC(=O)/C=C/c2cn(Cc3ccccc3)nn2)cc1. The Balaban J connectivity index is 1.43. The molecule has 1 atom stereocenters. The smallest absolute Gasteiger partial charge is 0.331 e. The number of benzene rings is 2. The zero-order valence-corrected chi connectivity index (χ0v) is 17.7. The van der Waals surface area contributed by atoms with Crippen molar-refractivity contribution in [3.63, 3.8) is 0 Å². The van der Waals surface area contributed by atoms with E-state index in [0.717, 1.165) is 12.0 Å². The summed E-state index contributed by atoms with van der Waals surface area (Å²) in [7, 11) is 0. The van der Waals surface area contributed by atoms with Crippen molar-refractivity contribution < 1.29 is 14.3 Å². The number of amides is 1. The molecule has 0 aliphatic rings. The maximum absolute atomic E-state index is 12.0. The van der Waals surface area contributed by atoms with E-state index in [9.17, 15) is 9.59 Å². The maximum Gasteiger partial charge on any atom is 0.331 e. The fraction of sp³-hybridized carbons (Fsp3) is 0.250. The summed E-state index contributed by atoms with van der Waals surface area (Å²) >= 11 is 0. The predicted octanol–water partition coefficient (Wildman–Crippen LogP) is 4.04. The molecule has 0 aliphatic carbocycles. The second kappa shape index (κ2) is 10.9. The van der Waals surface area contributed by atoms with Gasteiger partial charge in [0.2, 0.25) is 0 Å². The third-order valence-electron chi connectivity index (χ3n) is 4.86. The Bertz CT molecular complexity index is 1030. The summed E-state index contributed by atoms with van der Waals surface area (Å²) in [5.41, 5.74) is 3.51. The number of aromatic nitrogens is 3. The van der Waals surface area contributed by atoms with E-state index in [4.69, 9.17) is 4.74 Å². The Morgan fingerprint density at radius 1 is 1.13 bits per heavy atom. The molecule has 0 saturated carbocycles. The lowest BCUT2D eigenvalue weighted by Gasteiger charge is -2.10. The van der Waals surface area contributed by atoms with Crippen molar-refractivity contribution in [2.45, 2.75) is 32.7 Å². The minimum absolute atomic E-state index is 0.364. The lowest BCUT2D eigenvalue weighted by atomic mass is 9.99. The normalized spacial score (nSPS) is 11.9. The molecule has 1 N–H and O–H groups in total. The molecule has 0 fully saturated rings. The van der Waals surface area contributed by atoms with Crippen LogP contribution < -0.4 is 5.32 Å². The Hall–Kier alpha value is -3.74. The van der Waals surface area contributed by atoms with Gasteiger partial charge in [0.15, 0.2) is 6.61 Å². The van der Waals surface area contributed by atoms with Crippen LogP contribution in [-0.2, 0) is 20.9 Å². The molecule has 2 aromatic carbocycles. The Kier molecular flexibility index (Phi) is 7.70. The third kappa shape index (κ3) is 6.92. The number of nitrogens with zero attached hydrogens (tertiary/aromatic N) is 3. The van der Waals surface area contributed by atoms with Gasteiger partial charge in [0.1, 0.15) is 5.69 Å². The molecule has 0 spiro atoms. The van der Waals surface area contributed by atoms with Crippen LogP contribution in [0.3, 0.4) is 0 Å². The standard InChI is InChI=1S/C24H26N4O3/c1-3-18(2)20-9-11-21(12-10-20)25-23(29)17-31-24(30)14-13-22-16-28(27-26-22)15-19-7-5-4-6-8-19/h4-14,16,18H,3,15,17H2,1-2H3,(H,25,29)/b14-13+/t18-/m1/s1. The van der Waals surface area contributed by atoms with Gasteiger partial charge in [-0.25, -0.2) is 9.48 Å². The molecule has 0 aliphatic heterocycles. The van der Waals surface area contributed by atoms with Gasteiger partial charge in [-0.05, 0) is 41.7 Å². The van der Waals surface area contributed by atoms with E-state index in [1.165, 1.54) is 17.7 Å². The number of hydrogen-bond donors (Lipinski definition) is 1. The molecule has 3 rings (SSSR count). The summed E-state index contributed by atoms with van der Waals surface area (Å²) in [6.45, 7) is 4.52. The zero-order valence-electron chi connectivity index (χ0n) is 17.7. The molecular weight excluding hydrogens is 392 g/mol. The van der Waals surface area contributed by atoms with Crippen LogP contribution in [0.5, 0.6) is 0 Å². The van der Waals surface area contributed by atoms with E-state index in [1.54, 1.807) is 10.9 Å². The molecular formula is C24H26N4O3. The van der Waals surface area contributed by atoms with Crippen molar-refractivity contribution in [1.29, 1.82) is 0 Å². The van der Waals surface area contributed by atoms with Crippen LogP contribution in [0.2, 0.25) is 0 Å². The van der Waals surface area contributed by atoms with Crippen LogP contribution in [0.4, 0.5) is 5.69 Å². The van der Waals surface area contributed by atoms with Gasteiger partial charge < -0.3 is 10.1 Å². The van der Waals surface area contributed by atoms with E-state index < -0.39 is 11.9 Å². The number of rotatable bonds is 9. The van der Waals surface area contributed by atoms with Gasteiger partial charge >= 0.3 is 5.97 Å². The van der Waals surface area contributed by atoms with E-state index in [0.29, 0.717) is 23.8 Å². The first-order chi connectivity index (χ1) is 15.0. The maximum atomic E-state index is 12.0. The molecule has 0 saturated heterocycles. The number of carbonyl (C=O) groups is 2. The highest BCUT2D eigenvalue weighted by molar-refractivity contribution is 5.94. The molecule has 0 bridgehead atoms. The van der Waals surface area contributed by atoms with E-state index in [-0.39, 0.29) is 6.61 Å². The molecule has 1 amide bonds. The number of esters is 1. The highest BCUT2D eigenvalue weighted by atomic mass is 16.5. The highest BCUT2D eigenvalue weighted by Crippen LogP contribution is 2.20. The van der Waals surface area contributed by atoms with Gasteiger partial charge in [-0.3, -0.25) is 4.79 Å². The van der Waals surface area contributed by atoms with E-state index in [2.05, 4.69) is 29.5 Å². The summed E-state index contributed by atoms with van der Waals surface area (Å²) in [5.74, 6) is -0.552. The van der Waals surface area contributed by atoms with Crippen LogP contribution in [0.1, 0.15) is 43.0 Å². The topological polar surface area (TPSA) is 86.1 Å². The minimum Gasteiger partial charge on any atom is -0.452 e. The molecule has 7 heteroatoms. The van der Waals surface area contributed by atoms with Crippen LogP contribution in [0, 0.1) is 0 Å². The molecule has 0 radical (unpaired) electrons. The second-order valence-corrected chi connectivity index (χ2v) is 7.25. The molecule has 31 heavy (non-hydrogen) atoms. The minimum atomic E-state index is -0.625. The molecule has 1 heterocycles. The van der Waals surface area contributed by atoms with Crippen molar-refractivity contribution in [3.8, 4) is 0 Å². The van der Waals surface area contributed by atoms with E-state index in [1.807, 2.05) is 54.6 Å². The molecule has 1 aromatic heterocycles. The molecule has 7 nitrogen and oxygen atoms in total. The van der Waals surface area contributed by atoms with Gasteiger partial charge in [-0.1, -0.05) is 61.5 Å². The molecule has 3 aromatic rings. The van der Waals surface area contributed by atoms with Crippen LogP contribution in [0.15, 0.2) is 66.9 Å². The van der Waals surface area contributed by atoms with Crippen LogP contribution in [-0.4, -0.2) is 33.5 Å². The average Bonchev–Trinajstić information content (AvgIpc) is 3.24. The third-order valence-corrected chi connectivity index (χ3v) is 4.86. The lowest BCUT2D eigenvalue weighted by molar-refractivity contribution is -0.142. The number of hydrogen-bond acceptors (Lipinski definition) is 5. The molecule has 160 valence electrons. The predicted molar refractivity (Wildman–Crippen MR) is 119 cm³/mol. The summed E-state index contributed by atoms with van der Waals surface area (Å²) in [5, 5.41) is 10.7. The van der Waals surface area contributed by atoms with Crippen molar-refractivity contribution in [2.75, 3.05) is 11.9 Å². The first-order valence-corrected chi connectivity index (χ1v) is 10.2. The fourth-order valence-corrected chi connectivity index (χ4v) is 2.90. The number of anilines is 1.